The number of nitrogens with zero attached hydrogens (tertiary/aromatic N) is 1. The van der Waals surface area contributed by atoms with E-state index in [1.54, 1.807) is 0 Å². The Morgan fingerprint density at radius 2 is 1.81 bits per heavy atom. The number of morpholine rings is 1. The van der Waals surface area contributed by atoms with Gasteiger partial charge >= 0.3 is 0 Å². The molecule has 1 fully saturated rings. The van der Waals surface area contributed by atoms with Crippen molar-refractivity contribution in [3.8, 4) is 5.75 Å². The smallest absolute Gasteiger partial charge is 0.119 e. The molecule has 0 atom stereocenters. The van der Waals surface area contributed by atoms with Gasteiger partial charge in [-0.15, -0.1) is 0 Å². The molecule has 0 radical (unpaired) electrons. The first-order valence-corrected chi connectivity index (χ1v) is 8.15. The summed E-state index contributed by atoms with van der Waals surface area (Å²) in [5.74, 6) is 0.972. The van der Waals surface area contributed by atoms with Crippen molar-refractivity contribution in [3.63, 3.8) is 0 Å². The fourth-order valence-electron chi connectivity index (χ4n) is 2.89. The van der Waals surface area contributed by atoms with Crippen LogP contribution in [-0.4, -0.2) is 44.4 Å². The van der Waals surface area contributed by atoms with E-state index in [9.17, 15) is 0 Å². The van der Waals surface area contributed by atoms with Gasteiger partial charge in [0.05, 0.1) is 13.2 Å². The van der Waals surface area contributed by atoms with Gasteiger partial charge in [-0.25, -0.2) is 0 Å². The summed E-state index contributed by atoms with van der Waals surface area (Å²) >= 11 is 0. The Morgan fingerprint density at radius 3 is 2.43 bits per heavy atom. The van der Waals surface area contributed by atoms with Crippen LogP contribution in [0.4, 0.5) is 0 Å². The van der Waals surface area contributed by atoms with Gasteiger partial charge in [0.2, 0.25) is 0 Å². The Bertz CT molecular complexity index is 408. The third-order valence-corrected chi connectivity index (χ3v) is 4.29. The van der Waals surface area contributed by atoms with Gasteiger partial charge in [0, 0.05) is 19.6 Å². The molecule has 0 aliphatic carbocycles. The molecule has 1 aliphatic rings. The van der Waals surface area contributed by atoms with Gasteiger partial charge in [-0.05, 0) is 29.5 Å². The Balaban J connectivity index is 1.79. The van der Waals surface area contributed by atoms with Crippen molar-refractivity contribution in [2.24, 2.45) is 0 Å². The summed E-state index contributed by atoms with van der Waals surface area (Å²) in [5, 5.41) is 0. The number of hydrogen-bond acceptors (Lipinski definition) is 3. The molecule has 118 valence electrons. The van der Waals surface area contributed by atoms with Crippen molar-refractivity contribution in [1.29, 1.82) is 0 Å². The molecule has 0 unspecified atom stereocenters. The molecule has 0 saturated carbocycles. The Kier molecular flexibility index (Phi) is 6.07. The van der Waals surface area contributed by atoms with E-state index < -0.39 is 0 Å². The lowest BCUT2D eigenvalue weighted by Gasteiger charge is -2.26. The number of hydrogen-bond donors (Lipinski definition) is 0. The lowest BCUT2D eigenvalue weighted by atomic mass is 9.81. The minimum absolute atomic E-state index is 0.251. The fourth-order valence-corrected chi connectivity index (χ4v) is 2.89. The van der Waals surface area contributed by atoms with Gasteiger partial charge in [-0.1, -0.05) is 39.3 Å². The number of benzene rings is 1. The molecule has 0 amide bonds. The summed E-state index contributed by atoms with van der Waals surface area (Å²) in [7, 11) is 0. The topological polar surface area (TPSA) is 21.7 Å². The average Bonchev–Trinajstić information content (AvgIpc) is 2.49. The first kappa shape index (κ1) is 16.3. The maximum Gasteiger partial charge on any atom is 0.119 e. The second-order valence-corrected chi connectivity index (χ2v) is 6.46. The zero-order chi connectivity index (χ0) is 15.1. The van der Waals surface area contributed by atoms with Crippen LogP contribution in [-0.2, 0) is 10.2 Å². The van der Waals surface area contributed by atoms with Crippen LogP contribution in [0.2, 0.25) is 0 Å². The van der Waals surface area contributed by atoms with Crippen molar-refractivity contribution in [1.82, 2.24) is 4.90 Å². The molecular weight excluding hydrogens is 262 g/mol. The molecule has 0 aromatic heterocycles. The highest BCUT2D eigenvalue weighted by Gasteiger charge is 2.19. The molecule has 1 aliphatic heterocycles. The molecule has 1 saturated heterocycles. The Hall–Kier alpha value is -1.06. The minimum Gasteiger partial charge on any atom is -0.492 e. The number of rotatable bonds is 7. The quantitative estimate of drug-likeness (QED) is 0.768. The monoisotopic (exact) mass is 291 g/mol. The van der Waals surface area contributed by atoms with E-state index in [-0.39, 0.29) is 5.41 Å². The molecule has 0 N–H and O–H groups in total. The molecule has 3 nitrogen and oxygen atoms in total. The van der Waals surface area contributed by atoms with Crippen LogP contribution in [0, 0.1) is 0 Å². The molecule has 1 aromatic rings. The summed E-state index contributed by atoms with van der Waals surface area (Å²) in [6.07, 6.45) is 2.43. The van der Waals surface area contributed by atoms with E-state index in [4.69, 9.17) is 9.47 Å². The lowest BCUT2D eigenvalue weighted by molar-refractivity contribution is 0.0322. The molecule has 3 heteroatoms. The molecule has 2 rings (SSSR count). The maximum atomic E-state index is 5.85. The van der Waals surface area contributed by atoms with Crippen molar-refractivity contribution in [2.75, 3.05) is 39.5 Å². The van der Waals surface area contributed by atoms with Gasteiger partial charge in [-0.3, -0.25) is 4.90 Å². The summed E-state index contributed by atoms with van der Waals surface area (Å²) in [6.45, 7) is 12.3. The molecule has 0 spiro atoms. The third-order valence-electron chi connectivity index (χ3n) is 4.29. The molecule has 21 heavy (non-hydrogen) atoms. The van der Waals surface area contributed by atoms with Crippen LogP contribution in [0.3, 0.4) is 0 Å². The Labute approximate surface area is 129 Å². The SMILES string of the molecule is CCCC(C)(C)c1ccc(OCCN2CCOCC2)cc1. The van der Waals surface area contributed by atoms with Gasteiger partial charge in [0.25, 0.3) is 0 Å². The van der Waals surface area contributed by atoms with E-state index in [0.717, 1.165) is 45.2 Å². The molecule has 1 aromatic carbocycles. The van der Waals surface area contributed by atoms with Crippen molar-refractivity contribution in [3.05, 3.63) is 29.8 Å². The minimum atomic E-state index is 0.251. The van der Waals surface area contributed by atoms with E-state index in [1.165, 1.54) is 18.4 Å². The summed E-state index contributed by atoms with van der Waals surface area (Å²) in [6, 6.07) is 8.62. The zero-order valence-corrected chi connectivity index (χ0v) is 13.7. The van der Waals surface area contributed by atoms with Gasteiger partial charge in [0.1, 0.15) is 12.4 Å². The highest BCUT2D eigenvalue weighted by Crippen LogP contribution is 2.29. The standard InChI is InChI=1S/C18H29NO2/c1-4-9-18(2,3)16-5-7-17(8-6-16)21-15-12-19-10-13-20-14-11-19/h5-8H,4,9-15H2,1-3H3. The highest BCUT2D eigenvalue weighted by molar-refractivity contribution is 5.31. The predicted octanol–water partition coefficient (Wildman–Crippen LogP) is 3.48. The Morgan fingerprint density at radius 1 is 1.14 bits per heavy atom. The summed E-state index contributed by atoms with van der Waals surface area (Å²) in [4.78, 5) is 2.39. The van der Waals surface area contributed by atoms with Crippen LogP contribution in [0.25, 0.3) is 0 Å². The van der Waals surface area contributed by atoms with E-state index >= 15 is 0 Å². The van der Waals surface area contributed by atoms with Gasteiger partial charge in [-0.2, -0.15) is 0 Å². The van der Waals surface area contributed by atoms with Crippen LogP contribution in [0.15, 0.2) is 24.3 Å². The fraction of sp³-hybridized carbons (Fsp3) is 0.667. The molecular formula is C18H29NO2. The predicted molar refractivity (Wildman–Crippen MR) is 87.1 cm³/mol. The van der Waals surface area contributed by atoms with Crippen molar-refractivity contribution >= 4 is 0 Å². The normalized spacial score (nSPS) is 16.9. The number of ether oxygens (including phenoxy) is 2. The average molecular weight is 291 g/mol. The summed E-state index contributed by atoms with van der Waals surface area (Å²) in [5.41, 5.74) is 1.64. The zero-order valence-electron chi connectivity index (χ0n) is 13.7. The van der Waals surface area contributed by atoms with Crippen LogP contribution >= 0.6 is 0 Å². The second-order valence-electron chi connectivity index (χ2n) is 6.46. The first-order chi connectivity index (χ1) is 10.1. The highest BCUT2D eigenvalue weighted by atomic mass is 16.5. The van der Waals surface area contributed by atoms with Crippen LogP contribution in [0.1, 0.15) is 39.2 Å². The van der Waals surface area contributed by atoms with E-state index in [2.05, 4.69) is 49.9 Å². The lowest BCUT2D eigenvalue weighted by Crippen LogP contribution is -2.38. The second kappa shape index (κ2) is 7.81. The van der Waals surface area contributed by atoms with E-state index in [1.807, 2.05) is 0 Å². The summed E-state index contributed by atoms with van der Waals surface area (Å²) < 4.78 is 11.2. The van der Waals surface area contributed by atoms with E-state index in [0.29, 0.717) is 0 Å². The van der Waals surface area contributed by atoms with Crippen molar-refractivity contribution in [2.45, 2.75) is 39.0 Å². The largest absolute Gasteiger partial charge is 0.492 e. The van der Waals surface area contributed by atoms with Crippen LogP contribution < -0.4 is 4.74 Å². The third kappa shape index (κ3) is 5.01. The van der Waals surface area contributed by atoms with Crippen LogP contribution in [0.5, 0.6) is 5.75 Å². The molecule has 1 heterocycles. The first-order valence-electron chi connectivity index (χ1n) is 8.15. The maximum absolute atomic E-state index is 5.85. The molecule has 0 bridgehead atoms. The van der Waals surface area contributed by atoms with Gasteiger partial charge < -0.3 is 9.47 Å². The van der Waals surface area contributed by atoms with Crippen molar-refractivity contribution < 1.29 is 9.47 Å². The van der Waals surface area contributed by atoms with Gasteiger partial charge in [0.15, 0.2) is 0 Å².